The molecule has 4 heteroatoms. The molecule has 1 saturated heterocycles. The fourth-order valence-electron chi connectivity index (χ4n) is 2.39. The summed E-state index contributed by atoms with van der Waals surface area (Å²) in [5, 5.41) is 3.86. The minimum absolute atomic E-state index is 0.0925. The molecule has 1 unspecified atom stereocenters. The first-order valence-corrected chi connectivity index (χ1v) is 6.72. The molecular weight excluding hydrogens is 248 g/mol. The van der Waals surface area contributed by atoms with Gasteiger partial charge >= 0.3 is 0 Å². The Hall–Kier alpha value is -1.06. The van der Waals surface area contributed by atoms with Crippen molar-refractivity contribution in [2.75, 3.05) is 20.1 Å². The molecule has 0 radical (unpaired) electrons. The highest BCUT2D eigenvalue weighted by atomic mass is 35.5. The van der Waals surface area contributed by atoms with E-state index in [1.807, 2.05) is 31.0 Å². The topological polar surface area (TPSA) is 32.3 Å². The Balaban J connectivity index is 2.17. The van der Waals surface area contributed by atoms with Gasteiger partial charge < -0.3 is 10.2 Å². The second-order valence-electron chi connectivity index (χ2n) is 4.84. The summed E-state index contributed by atoms with van der Waals surface area (Å²) in [6.07, 6.45) is 2.19. The fraction of sp³-hybridized carbons (Fsp3) is 0.500. The summed E-state index contributed by atoms with van der Waals surface area (Å²) < 4.78 is 0. The van der Waals surface area contributed by atoms with Crippen LogP contribution in [0.3, 0.4) is 0 Å². The molecule has 0 spiro atoms. The molecule has 1 aliphatic rings. The van der Waals surface area contributed by atoms with Crippen molar-refractivity contribution in [3.63, 3.8) is 0 Å². The van der Waals surface area contributed by atoms with Crippen LogP contribution in [0, 0.1) is 6.92 Å². The number of hydrogen-bond acceptors (Lipinski definition) is 2. The van der Waals surface area contributed by atoms with Crippen LogP contribution < -0.4 is 5.32 Å². The van der Waals surface area contributed by atoms with Gasteiger partial charge in [0.05, 0.1) is 0 Å². The number of nitrogens with one attached hydrogen (secondary N) is 1. The van der Waals surface area contributed by atoms with Crippen molar-refractivity contribution in [1.82, 2.24) is 10.2 Å². The number of nitrogens with zero attached hydrogens (tertiary/aromatic N) is 1. The molecule has 0 aliphatic carbocycles. The van der Waals surface area contributed by atoms with E-state index in [-0.39, 0.29) is 5.91 Å². The van der Waals surface area contributed by atoms with Gasteiger partial charge in [-0.05, 0) is 44.5 Å². The lowest BCUT2D eigenvalue weighted by Gasteiger charge is -2.33. The van der Waals surface area contributed by atoms with E-state index in [2.05, 4.69) is 5.32 Å². The fourth-order valence-corrected chi connectivity index (χ4v) is 2.56. The quantitative estimate of drug-likeness (QED) is 0.892. The Morgan fingerprint density at radius 3 is 3.00 bits per heavy atom. The molecule has 1 N–H and O–H groups in total. The van der Waals surface area contributed by atoms with Crippen LogP contribution in [0.5, 0.6) is 0 Å². The maximum Gasteiger partial charge on any atom is 0.254 e. The number of amides is 1. The normalized spacial score (nSPS) is 19.9. The lowest BCUT2D eigenvalue weighted by molar-refractivity contribution is 0.0697. The van der Waals surface area contributed by atoms with Crippen molar-refractivity contribution in [2.45, 2.75) is 25.8 Å². The van der Waals surface area contributed by atoms with Crippen molar-refractivity contribution in [3.05, 3.63) is 34.3 Å². The number of hydrogen-bond donors (Lipinski definition) is 1. The second-order valence-corrected chi connectivity index (χ2v) is 5.27. The van der Waals surface area contributed by atoms with Crippen LogP contribution in [0.15, 0.2) is 18.2 Å². The summed E-state index contributed by atoms with van der Waals surface area (Å²) in [4.78, 5) is 14.4. The molecule has 18 heavy (non-hydrogen) atoms. The van der Waals surface area contributed by atoms with Gasteiger partial charge in [-0.25, -0.2) is 0 Å². The van der Waals surface area contributed by atoms with Gasteiger partial charge in [-0.3, -0.25) is 4.79 Å². The monoisotopic (exact) mass is 266 g/mol. The first-order valence-electron chi connectivity index (χ1n) is 6.34. The first-order chi connectivity index (χ1) is 8.61. The van der Waals surface area contributed by atoms with Gasteiger partial charge in [0.25, 0.3) is 5.91 Å². The van der Waals surface area contributed by atoms with Crippen molar-refractivity contribution >= 4 is 17.5 Å². The number of aryl methyl sites for hydroxylation is 1. The summed E-state index contributed by atoms with van der Waals surface area (Å²) in [7, 11) is 1.95. The zero-order valence-electron chi connectivity index (χ0n) is 10.9. The SMILES string of the molecule is CNC1CCCN(C(=O)c2cc(Cl)ccc2C)C1. The Bertz CT molecular complexity index is 447. The number of likely N-dealkylation sites (tertiary alicyclic amines) is 1. The predicted octanol–water partition coefficient (Wildman–Crippen LogP) is 2.47. The molecule has 98 valence electrons. The third-order valence-corrected chi connectivity index (χ3v) is 3.78. The Morgan fingerprint density at radius 2 is 2.28 bits per heavy atom. The van der Waals surface area contributed by atoms with E-state index in [4.69, 9.17) is 11.6 Å². The van der Waals surface area contributed by atoms with Crippen molar-refractivity contribution < 1.29 is 4.79 Å². The van der Waals surface area contributed by atoms with E-state index in [1.165, 1.54) is 0 Å². The van der Waals surface area contributed by atoms with Gasteiger partial charge in [-0.2, -0.15) is 0 Å². The van der Waals surface area contributed by atoms with Crippen molar-refractivity contribution in [3.8, 4) is 0 Å². The molecule has 0 bridgehead atoms. The summed E-state index contributed by atoms with van der Waals surface area (Å²) in [6, 6.07) is 5.89. The number of rotatable bonds is 2. The Labute approximate surface area is 113 Å². The molecule has 1 aromatic rings. The highest BCUT2D eigenvalue weighted by Crippen LogP contribution is 2.19. The molecule has 1 aromatic carbocycles. The zero-order valence-corrected chi connectivity index (χ0v) is 11.6. The standard InChI is InChI=1S/C14H19ClN2O/c1-10-5-6-11(15)8-13(10)14(18)17-7-3-4-12(9-17)16-2/h5-6,8,12,16H,3-4,7,9H2,1-2H3. The molecule has 1 aliphatic heterocycles. The van der Waals surface area contributed by atoms with Crippen molar-refractivity contribution in [2.24, 2.45) is 0 Å². The number of carbonyl (C=O) groups excluding carboxylic acids is 1. The second kappa shape index (κ2) is 5.72. The van der Waals surface area contributed by atoms with E-state index in [0.717, 1.165) is 37.1 Å². The maximum atomic E-state index is 12.5. The van der Waals surface area contributed by atoms with E-state index in [9.17, 15) is 4.79 Å². The smallest absolute Gasteiger partial charge is 0.254 e. The van der Waals surface area contributed by atoms with Crippen LogP contribution in [-0.2, 0) is 0 Å². The average Bonchev–Trinajstić information content (AvgIpc) is 2.41. The van der Waals surface area contributed by atoms with Crippen LogP contribution in [-0.4, -0.2) is 37.0 Å². The number of benzene rings is 1. The highest BCUT2D eigenvalue weighted by Gasteiger charge is 2.24. The van der Waals surface area contributed by atoms with Crippen LogP contribution in [0.25, 0.3) is 0 Å². The molecule has 1 heterocycles. The summed E-state index contributed by atoms with van der Waals surface area (Å²) >= 11 is 5.97. The van der Waals surface area contributed by atoms with Crippen LogP contribution in [0.2, 0.25) is 5.02 Å². The molecule has 0 saturated carbocycles. The Kier molecular flexibility index (Phi) is 4.25. The molecular formula is C14H19ClN2O. The van der Waals surface area contributed by atoms with Crippen molar-refractivity contribution in [1.29, 1.82) is 0 Å². The minimum Gasteiger partial charge on any atom is -0.337 e. The minimum atomic E-state index is 0.0925. The van der Waals surface area contributed by atoms with Gasteiger partial charge in [-0.1, -0.05) is 17.7 Å². The third-order valence-electron chi connectivity index (χ3n) is 3.55. The zero-order chi connectivity index (χ0) is 13.1. The summed E-state index contributed by atoms with van der Waals surface area (Å²) in [6.45, 7) is 3.56. The van der Waals surface area contributed by atoms with E-state index < -0.39 is 0 Å². The largest absolute Gasteiger partial charge is 0.337 e. The Morgan fingerprint density at radius 1 is 1.50 bits per heavy atom. The number of piperidine rings is 1. The third kappa shape index (κ3) is 2.85. The van der Waals surface area contributed by atoms with Gasteiger partial charge in [0.15, 0.2) is 0 Å². The lowest BCUT2D eigenvalue weighted by Crippen LogP contribution is -2.47. The average molecular weight is 267 g/mol. The molecule has 2 rings (SSSR count). The van der Waals surface area contributed by atoms with Crippen LogP contribution in [0.1, 0.15) is 28.8 Å². The van der Waals surface area contributed by atoms with Gasteiger partial charge in [0, 0.05) is 29.7 Å². The van der Waals surface area contributed by atoms with Crippen LogP contribution >= 0.6 is 11.6 Å². The molecule has 0 aromatic heterocycles. The van der Waals surface area contributed by atoms with Gasteiger partial charge in [0.1, 0.15) is 0 Å². The summed E-state index contributed by atoms with van der Waals surface area (Å²) in [5.41, 5.74) is 1.70. The number of halogens is 1. The molecule has 3 nitrogen and oxygen atoms in total. The predicted molar refractivity (Wildman–Crippen MR) is 74.2 cm³/mol. The van der Waals surface area contributed by atoms with Gasteiger partial charge in [-0.15, -0.1) is 0 Å². The number of likely N-dealkylation sites (N-methyl/N-ethyl adjacent to an activating group) is 1. The molecule has 1 fully saturated rings. The van der Waals surface area contributed by atoms with E-state index >= 15 is 0 Å². The number of carbonyl (C=O) groups is 1. The molecule has 1 atom stereocenters. The highest BCUT2D eigenvalue weighted by molar-refractivity contribution is 6.31. The molecule has 1 amide bonds. The lowest BCUT2D eigenvalue weighted by atomic mass is 10.0. The van der Waals surface area contributed by atoms with Crippen LogP contribution in [0.4, 0.5) is 0 Å². The summed E-state index contributed by atoms with van der Waals surface area (Å²) in [5.74, 6) is 0.0925. The first kappa shape index (κ1) is 13.4. The van der Waals surface area contributed by atoms with E-state index in [1.54, 1.807) is 6.07 Å². The van der Waals surface area contributed by atoms with Gasteiger partial charge in [0.2, 0.25) is 0 Å². The van der Waals surface area contributed by atoms with E-state index in [0.29, 0.717) is 11.1 Å². The maximum absolute atomic E-state index is 12.5.